The van der Waals surface area contributed by atoms with Crippen molar-refractivity contribution in [2.45, 2.75) is 23.6 Å². The molecule has 0 saturated heterocycles. The van der Waals surface area contributed by atoms with Crippen LogP contribution in [0.3, 0.4) is 0 Å². The minimum Gasteiger partial charge on any atom is -0.282 e. The first kappa shape index (κ1) is 15.5. The van der Waals surface area contributed by atoms with E-state index in [4.69, 9.17) is 9.11 Å². The molecular weight excluding hydrogens is 302 g/mol. The molecule has 0 aliphatic carbocycles. The highest BCUT2D eigenvalue weighted by Gasteiger charge is 2.30. The molecule has 0 heterocycles. The van der Waals surface area contributed by atoms with Crippen LogP contribution in [0.1, 0.15) is 11.1 Å². The van der Waals surface area contributed by atoms with E-state index in [9.17, 15) is 26.9 Å². The highest BCUT2D eigenvalue weighted by atomic mass is 32.2. The first-order chi connectivity index (χ1) is 8.37. The van der Waals surface area contributed by atoms with Crippen LogP contribution in [0.4, 0.5) is 5.69 Å². The van der Waals surface area contributed by atoms with Gasteiger partial charge in [-0.25, -0.2) is 0 Å². The smallest absolute Gasteiger partial charge is 0.282 e. The van der Waals surface area contributed by atoms with Gasteiger partial charge < -0.3 is 0 Å². The van der Waals surface area contributed by atoms with Gasteiger partial charge in [-0.05, 0) is 19.9 Å². The third kappa shape index (κ3) is 2.89. The zero-order valence-corrected chi connectivity index (χ0v) is 11.3. The summed E-state index contributed by atoms with van der Waals surface area (Å²) in [6, 6.07) is 0.475. The van der Waals surface area contributed by atoms with Gasteiger partial charge in [0.1, 0.15) is 9.79 Å². The predicted octanol–water partition coefficient (Wildman–Crippen LogP) is 0.705. The van der Waals surface area contributed by atoms with Gasteiger partial charge in [0.2, 0.25) is 0 Å². The van der Waals surface area contributed by atoms with E-state index in [-0.39, 0.29) is 0 Å². The van der Waals surface area contributed by atoms with Crippen molar-refractivity contribution in [3.8, 4) is 0 Å². The van der Waals surface area contributed by atoms with E-state index in [1.54, 1.807) is 0 Å². The van der Waals surface area contributed by atoms with E-state index >= 15 is 0 Å². The summed E-state index contributed by atoms with van der Waals surface area (Å²) in [6.07, 6.45) is 0. The van der Waals surface area contributed by atoms with Gasteiger partial charge in [0, 0.05) is 11.1 Å². The molecule has 0 fully saturated rings. The van der Waals surface area contributed by atoms with Crippen molar-refractivity contribution in [3.05, 3.63) is 27.3 Å². The second-order valence-corrected chi connectivity index (χ2v) is 6.46. The van der Waals surface area contributed by atoms with E-state index in [0.29, 0.717) is 6.07 Å². The molecular formula is C8H9NO8S2. The van der Waals surface area contributed by atoms with Crippen LogP contribution in [-0.4, -0.2) is 30.9 Å². The Balaban J connectivity index is 4.03. The Bertz CT molecular complexity index is 706. The minimum absolute atomic E-state index is 0.419. The Labute approximate surface area is 108 Å². The molecule has 1 aromatic carbocycles. The lowest BCUT2D eigenvalue weighted by Crippen LogP contribution is -2.10. The Hall–Kier alpha value is -1.56. The number of hydrogen-bond acceptors (Lipinski definition) is 6. The van der Waals surface area contributed by atoms with Crippen molar-refractivity contribution in [3.63, 3.8) is 0 Å². The molecule has 106 valence electrons. The summed E-state index contributed by atoms with van der Waals surface area (Å²) < 4.78 is 62.2. The third-order valence-corrected chi connectivity index (χ3v) is 4.41. The number of hydrogen-bond donors (Lipinski definition) is 2. The van der Waals surface area contributed by atoms with Gasteiger partial charge in [-0.1, -0.05) is 0 Å². The zero-order chi connectivity index (χ0) is 15.2. The SMILES string of the molecule is Cc1c(S(=O)(=O)O)cc(S(=O)(=O)O)c(C)c1[N+](=O)[O-]. The molecule has 9 nitrogen and oxygen atoms in total. The lowest BCUT2D eigenvalue weighted by Gasteiger charge is -2.09. The molecule has 0 bridgehead atoms. The van der Waals surface area contributed by atoms with Gasteiger partial charge >= 0.3 is 0 Å². The average molecular weight is 311 g/mol. The molecule has 0 aliphatic heterocycles. The maximum atomic E-state index is 11.1. The molecule has 0 atom stereocenters. The van der Waals surface area contributed by atoms with Crippen LogP contribution >= 0.6 is 0 Å². The first-order valence-electron chi connectivity index (χ1n) is 4.61. The van der Waals surface area contributed by atoms with E-state index in [1.807, 2.05) is 0 Å². The van der Waals surface area contributed by atoms with E-state index < -0.39 is 51.8 Å². The van der Waals surface area contributed by atoms with Crippen molar-refractivity contribution >= 4 is 25.9 Å². The van der Waals surface area contributed by atoms with E-state index in [2.05, 4.69) is 0 Å². The maximum absolute atomic E-state index is 11.1. The van der Waals surface area contributed by atoms with Crippen LogP contribution in [0, 0.1) is 24.0 Å². The van der Waals surface area contributed by atoms with Crippen molar-refractivity contribution < 1.29 is 30.9 Å². The number of rotatable bonds is 3. The molecule has 0 unspecified atom stereocenters. The second-order valence-electron chi connectivity index (χ2n) is 3.68. The van der Waals surface area contributed by atoms with Crippen LogP contribution in [0.2, 0.25) is 0 Å². The Morgan fingerprint density at radius 3 is 1.53 bits per heavy atom. The molecule has 0 saturated carbocycles. The lowest BCUT2D eigenvalue weighted by atomic mass is 10.1. The van der Waals surface area contributed by atoms with Gasteiger partial charge in [-0.15, -0.1) is 0 Å². The molecule has 0 spiro atoms. The number of benzene rings is 1. The van der Waals surface area contributed by atoms with Gasteiger partial charge in [-0.3, -0.25) is 19.2 Å². The van der Waals surface area contributed by atoms with Gasteiger partial charge in [0.05, 0.1) is 4.92 Å². The lowest BCUT2D eigenvalue weighted by molar-refractivity contribution is -0.386. The average Bonchev–Trinajstić information content (AvgIpc) is 2.12. The summed E-state index contributed by atoms with van der Waals surface area (Å²) in [5, 5.41) is 10.9. The fourth-order valence-electron chi connectivity index (χ4n) is 1.66. The summed E-state index contributed by atoms with van der Waals surface area (Å²) in [5.41, 5.74) is -1.64. The second kappa shape index (κ2) is 4.52. The summed E-state index contributed by atoms with van der Waals surface area (Å²) >= 11 is 0. The standard InChI is InChI=1S/C8H9NO8S2/c1-4-6(18(12,13)14)3-7(19(15,16)17)5(2)8(4)9(10)11/h3H,1-2H3,(H,12,13,14)(H,15,16,17). The Morgan fingerprint density at radius 1 is 1.00 bits per heavy atom. The number of nitro benzene ring substituents is 1. The van der Waals surface area contributed by atoms with Crippen LogP contribution < -0.4 is 0 Å². The first-order valence-corrected chi connectivity index (χ1v) is 7.49. The number of nitrogens with zero attached hydrogens (tertiary/aromatic N) is 1. The van der Waals surface area contributed by atoms with Gasteiger partial charge in [-0.2, -0.15) is 16.8 Å². The molecule has 19 heavy (non-hydrogen) atoms. The highest BCUT2D eigenvalue weighted by molar-refractivity contribution is 7.86. The molecule has 11 heteroatoms. The summed E-state index contributed by atoms with van der Waals surface area (Å²) in [4.78, 5) is 7.97. The molecule has 0 amide bonds. The van der Waals surface area contributed by atoms with Crippen molar-refractivity contribution in [1.29, 1.82) is 0 Å². The normalized spacial score (nSPS) is 12.4. The van der Waals surface area contributed by atoms with Crippen LogP contribution in [0.15, 0.2) is 15.9 Å². The predicted molar refractivity (Wildman–Crippen MR) is 62.2 cm³/mol. The van der Waals surface area contributed by atoms with Crippen LogP contribution in [-0.2, 0) is 20.2 Å². The van der Waals surface area contributed by atoms with Crippen molar-refractivity contribution in [2.75, 3.05) is 0 Å². The van der Waals surface area contributed by atoms with E-state index in [0.717, 1.165) is 13.8 Å². The molecule has 0 radical (unpaired) electrons. The van der Waals surface area contributed by atoms with Crippen molar-refractivity contribution in [2.24, 2.45) is 0 Å². The Kier molecular flexibility index (Phi) is 3.69. The molecule has 0 aromatic heterocycles. The fourth-order valence-corrected chi connectivity index (χ4v) is 3.24. The maximum Gasteiger partial charge on any atom is 0.295 e. The fraction of sp³-hybridized carbons (Fsp3) is 0.250. The minimum atomic E-state index is -4.87. The molecule has 1 rings (SSSR count). The molecule has 1 aromatic rings. The molecule has 0 aliphatic rings. The summed E-state index contributed by atoms with van der Waals surface area (Å²) in [5.74, 6) is 0. The third-order valence-electron chi connectivity index (χ3n) is 2.45. The van der Waals surface area contributed by atoms with Crippen LogP contribution in [0.25, 0.3) is 0 Å². The Morgan fingerprint density at radius 2 is 1.32 bits per heavy atom. The number of nitro groups is 1. The highest BCUT2D eigenvalue weighted by Crippen LogP contribution is 2.33. The van der Waals surface area contributed by atoms with Gasteiger partial charge in [0.25, 0.3) is 25.9 Å². The quantitative estimate of drug-likeness (QED) is 0.470. The van der Waals surface area contributed by atoms with Crippen molar-refractivity contribution in [1.82, 2.24) is 0 Å². The van der Waals surface area contributed by atoms with Gasteiger partial charge in [0.15, 0.2) is 0 Å². The summed E-state index contributed by atoms with van der Waals surface area (Å²) in [7, 11) is -9.74. The molecule has 2 N–H and O–H groups in total. The van der Waals surface area contributed by atoms with Crippen LogP contribution in [0.5, 0.6) is 0 Å². The van der Waals surface area contributed by atoms with E-state index in [1.165, 1.54) is 0 Å². The monoisotopic (exact) mass is 311 g/mol. The summed E-state index contributed by atoms with van der Waals surface area (Å²) in [6.45, 7) is 2.09. The zero-order valence-electron chi connectivity index (χ0n) is 9.68. The topological polar surface area (TPSA) is 152 Å². The largest absolute Gasteiger partial charge is 0.295 e.